The second kappa shape index (κ2) is 7.81. The molecular weight excluding hydrogens is 346 g/mol. The fraction of sp³-hybridized carbons (Fsp3) is 0.278. The van der Waals surface area contributed by atoms with Crippen LogP contribution in [0, 0.1) is 12.3 Å². The molecular formula is C18H21N7O2. The summed E-state index contributed by atoms with van der Waals surface area (Å²) in [5.41, 5.74) is 2.92. The highest BCUT2D eigenvalue weighted by Crippen LogP contribution is 2.21. The van der Waals surface area contributed by atoms with Crippen LogP contribution in [0.25, 0.3) is 0 Å². The number of hydrogen-bond acceptors (Lipinski definition) is 6. The summed E-state index contributed by atoms with van der Waals surface area (Å²) in [5.74, 6) is 0.325. The van der Waals surface area contributed by atoms with Crippen LogP contribution in [0.15, 0.2) is 30.6 Å². The molecule has 9 heteroatoms. The third kappa shape index (κ3) is 4.57. The van der Waals surface area contributed by atoms with Gasteiger partial charge in [-0.2, -0.15) is 0 Å². The second-order valence-electron chi connectivity index (χ2n) is 6.39. The highest BCUT2D eigenvalue weighted by atomic mass is 16.2. The number of carbonyl (C=O) groups excluding carboxylic acids is 2. The van der Waals surface area contributed by atoms with Crippen molar-refractivity contribution in [2.45, 2.75) is 19.4 Å². The van der Waals surface area contributed by atoms with Gasteiger partial charge in [-0.25, -0.2) is 9.78 Å². The Morgan fingerprint density at radius 2 is 2.19 bits per heavy atom. The van der Waals surface area contributed by atoms with E-state index in [1.807, 2.05) is 19.1 Å². The minimum absolute atomic E-state index is 0.00583. The van der Waals surface area contributed by atoms with Crippen LogP contribution >= 0.6 is 0 Å². The summed E-state index contributed by atoms with van der Waals surface area (Å²) in [7, 11) is 1.70. The van der Waals surface area contributed by atoms with Gasteiger partial charge < -0.3 is 20.9 Å². The summed E-state index contributed by atoms with van der Waals surface area (Å²) in [6.07, 6.45) is 4.72. The van der Waals surface area contributed by atoms with Crippen molar-refractivity contribution in [3.63, 3.8) is 0 Å². The van der Waals surface area contributed by atoms with Gasteiger partial charge in [0.1, 0.15) is 5.82 Å². The Morgan fingerprint density at radius 1 is 1.37 bits per heavy atom. The number of amides is 3. The molecule has 2 aromatic heterocycles. The molecule has 2 aromatic rings. The highest BCUT2D eigenvalue weighted by Gasteiger charge is 2.27. The zero-order valence-corrected chi connectivity index (χ0v) is 15.1. The van der Waals surface area contributed by atoms with E-state index in [9.17, 15) is 9.59 Å². The maximum atomic E-state index is 12.1. The Hall–Kier alpha value is -3.49. The number of likely N-dealkylation sites (tertiary alicyclic amines) is 1. The molecule has 1 atom stereocenters. The number of aryl methyl sites for hydroxylation is 1. The lowest BCUT2D eigenvalue weighted by Gasteiger charge is -2.14. The summed E-state index contributed by atoms with van der Waals surface area (Å²) in [6.45, 7) is 2.38. The zero-order chi connectivity index (χ0) is 19.4. The number of carbonyl (C=O) groups is 2. The summed E-state index contributed by atoms with van der Waals surface area (Å²) >= 11 is 0. The van der Waals surface area contributed by atoms with Crippen molar-refractivity contribution >= 4 is 35.3 Å². The average Bonchev–Trinajstić information content (AvgIpc) is 2.93. The van der Waals surface area contributed by atoms with E-state index in [0.717, 1.165) is 11.4 Å². The van der Waals surface area contributed by atoms with Crippen LogP contribution in [0.5, 0.6) is 0 Å². The van der Waals surface area contributed by atoms with E-state index in [2.05, 4.69) is 25.9 Å². The topological polar surface area (TPSA) is 123 Å². The Bertz CT molecular complexity index is 884. The summed E-state index contributed by atoms with van der Waals surface area (Å²) in [5, 5.41) is 16.2. The van der Waals surface area contributed by atoms with Gasteiger partial charge in [-0.3, -0.25) is 15.1 Å². The molecule has 3 heterocycles. The van der Waals surface area contributed by atoms with Crippen LogP contribution < -0.4 is 16.0 Å². The van der Waals surface area contributed by atoms with Crippen molar-refractivity contribution in [3.8, 4) is 0 Å². The first kappa shape index (κ1) is 18.3. The lowest BCUT2D eigenvalue weighted by molar-refractivity contribution is -0.126. The van der Waals surface area contributed by atoms with Crippen molar-refractivity contribution in [1.29, 1.82) is 5.41 Å². The lowest BCUT2D eigenvalue weighted by Crippen LogP contribution is -2.39. The van der Waals surface area contributed by atoms with Gasteiger partial charge in [0.2, 0.25) is 5.91 Å². The maximum absolute atomic E-state index is 12.1. The van der Waals surface area contributed by atoms with E-state index in [-0.39, 0.29) is 18.4 Å². The van der Waals surface area contributed by atoms with Crippen molar-refractivity contribution in [2.75, 3.05) is 24.2 Å². The molecule has 0 radical (unpaired) electrons. The molecule has 1 saturated heterocycles. The van der Waals surface area contributed by atoms with Crippen molar-refractivity contribution in [1.82, 2.24) is 20.2 Å². The number of nitrogens with zero attached hydrogens (tertiary/aromatic N) is 3. The first-order valence-corrected chi connectivity index (χ1v) is 8.46. The number of rotatable bonds is 5. The van der Waals surface area contributed by atoms with Gasteiger partial charge in [0.15, 0.2) is 0 Å². The number of urea groups is 1. The summed E-state index contributed by atoms with van der Waals surface area (Å²) in [4.78, 5) is 33.6. The Balaban J connectivity index is 1.66. The first-order chi connectivity index (χ1) is 12.9. The van der Waals surface area contributed by atoms with E-state index in [4.69, 9.17) is 5.41 Å². The van der Waals surface area contributed by atoms with Crippen molar-refractivity contribution in [3.05, 3.63) is 41.9 Å². The van der Waals surface area contributed by atoms with Crippen LogP contribution in [0.3, 0.4) is 0 Å². The van der Waals surface area contributed by atoms with Crippen molar-refractivity contribution in [2.24, 2.45) is 0 Å². The van der Waals surface area contributed by atoms with Gasteiger partial charge >= 0.3 is 6.03 Å². The minimum Gasteiger partial charge on any atom is -0.354 e. The Kier molecular flexibility index (Phi) is 5.30. The first-order valence-electron chi connectivity index (χ1n) is 8.46. The van der Waals surface area contributed by atoms with Crippen LogP contribution in [0.2, 0.25) is 0 Å². The number of hydrogen-bond donors (Lipinski definition) is 4. The van der Waals surface area contributed by atoms with Gasteiger partial charge in [0.25, 0.3) is 0 Å². The molecule has 1 fully saturated rings. The zero-order valence-electron chi connectivity index (χ0n) is 15.1. The number of aromatic nitrogens is 2. The van der Waals surface area contributed by atoms with Crippen LogP contribution in [0.4, 0.5) is 22.0 Å². The van der Waals surface area contributed by atoms with E-state index in [1.165, 1.54) is 6.21 Å². The van der Waals surface area contributed by atoms with Gasteiger partial charge in [-0.05, 0) is 25.1 Å². The second-order valence-corrected chi connectivity index (χ2v) is 6.39. The Labute approximate surface area is 156 Å². The normalized spacial score (nSPS) is 16.1. The molecule has 3 rings (SSSR count). The molecule has 0 aromatic carbocycles. The highest BCUT2D eigenvalue weighted by molar-refractivity contribution is 5.93. The molecule has 1 unspecified atom stereocenters. The average molecular weight is 367 g/mol. The summed E-state index contributed by atoms with van der Waals surface area (Å²) < 4.78 is 0. The smallest absolute Gasteiger partial charge is 0.320 e. The largest absolute Gasteiger partial charge is 0.354 e. The quantitative estimate of drug-likeness (QED) is 0.601. The van der Waals surface area contributed by atoms with E-state index < -0.39 is 6.03 Å². The predicted molar refractivity (Wildman–Crippen MR) is 103 cm³/mol. The van der Waals surface area contributed by atoms with E-state index >= 15 is 0 Å². The molecule has 3 amide bonds. The number of anilines is 3. The SMILES string of the molecule is Cc1cc(Nc2cnc(NC(=O)NC3CC(=O)N(C)C3)cc2C=N)ccn1. The van der Waals surface area contributed by atoms with E-state index in [1.54, 1.807) is 30.4 Å². The van der Waals surface area contributed by atoms with Gasteiger partial charge in [-0.1, -0.05) is 0 Å². The lowest BCUT2D eigenvalue weighted by atomic mass is 10.2. The number of likely N-dealkylation sites (N-methyl/N-ethyl adjacent to an activating group) is 1. The van der Waals surface area contributed by atoms with Crippen LogP contribution in [-0.2, 0) is 4.79 Å². The third-order valence-corrected chi connectivity index (χ3v) is 4.18. The fourth-order valence-corrected chi connectivity index (χ4v) is 2.84. The molecule has 0 aliphatic carbocycles. The van der Waals surface area contributed by atoms with Crippen LogP contribution in [-0.4, -0.2) is 52.7 Å². The molecule has 1 aliphatic heterocycles. The third-order valence-electron chi connectivity index (χ3n) is 4.18. The van der Waals surface area contributed by atoms with Gasteiger partial charge in [0.05, 0.1) is 17.9 Å². The van der Waals surface area contributed by atoms with E-state index in [0.29, 0.717) is 23.6 Å². The maximum Gasteiger partial charge on any atom is 0.320 e. The molecule has 140 valence electrons. The minimum atomic E-state index is -0.433. The number of nitrogens with one attached hydrogen (secondary N) is 4. The van der Waals surface area contributed by atoms with Gasteiger partial charge in [0, 0.05) is 49.4 Å². The molecule has 0 spiro atoms. The standard InChI is InChI=1S/C18H21N7O2/c1-11-5-13(3-4-20-11)22-15-9-21-16(6-12(15)8-19)24-18(27)23-14-7-17(26)25(2)10-14/h3-6,8-9,14,19H,7,10H2,1-2H3,(H,20,22)(H2,21,23,24,27). The molecule has 0 saturated carbocycles. The Morgan fingerprint density at radius 3 is 2.85 bits per heavy atom. The van der Waals surface area contributed by atoms with Gasteiger partial charge in [-0.15, -0.1) is 0 Å². The molecule has 0 bridgehead atoms. The predicted octanol–water partition coefficient (Wildman–Crippen LogP) is 1.88. The molecule has 1 aliphatic rings. The van der Waals surface area contributed by atoms with Crippen molar-refractivity contribution < 1.29 is 9.59 Å². The molecule has 9 nitrogen and oxygen atoms in total. The monoisotopic (exact) mass is 367 g/mol. The molecule has 27 heavy (non-hydrogen) atoms. The number of pyridine rings is 2. The fourth-order valence-electron chi connectivity index (χ4n) is 2.84. The van der Waals surface area contributed by atoms with Crippen LogP contribution in [0.1, 0.15) is 17.7 Å². The molecule has 4 N–H and O–H groups in total. The summed E-state index contributed by atoms with van der Waals surface area (Å²) in [6, 6.07) is 4.65.